The largest absolute Gasteiger partial charge is 0.356 e. The van der Waals surface area contributed by atoms with Crippen LogP contribution in [0.15, 0.2) is 59.4 Å². The second-order valence-corrected chi connectivity index (χ2v) is 5.15. The van der Waals surface area contributed by atoms with Crippen LogP contribution >= 0.6 is 0 Å². The molecule has 0 spiro atoms. The summed E-state index contributed by atoms with van der Waals surface area (Å²) in [5.74, 6) is -0.159. The number of hydrogen-bond donors (Lipinski definition) is 1. The van der Waals surface area contributed by atoms with Crippen molar-refractivity contribution in [3.63, 3.8) is 0 Å². The molecule has 0 aliphatic carbocycles. The molecule has 0 radical (unpaired) electrons. The third-order valence-electron chi connectivity index (χ3n) is 3.64. The fourth-order valence-electron chi connectivity index (χ4n) is 2.55. The predicted molar refractivity (Wildman–Crippen MR) is 85.9 cm³/mol. The molecule has 6 heteroatoms. The molecule has 112 valence electrons. The Labute approximate surface area is 131 Å². The highest BCUT2D eigenvalue weighted by Crippen LogP contribution is 2.22. The number of nitrogens with one attached hydrogen (secondary N) is 1. The molecule has 0 atom stereocenters. The zero-order chi connectivity index (χ0) is 15.6. The summed E-state index contributed by atoms with van der Waals surface area (Å²) in [7, 11) is 0. The Hall–Kier alpha value is -3.28. The van der Waals surface area contributed by atoms with E-state index in [0.717, 1.165) is 16.2 Å². The first kappa shape index (κ1) is 13.4. The number of carbonyl (C=O) groups excluding carboxylic acids is 1. The molecule has 0 fully saturated rings. The van der Waals surface area contributed by atoms with Crippen LogP contribution in [0.1, 0.15) is 5.69 Å². The number of anilines is 1. The van der Waals surface area contributed by atoms with Crippen molar-refractivity contribution < 1.29 is 9.32 Å². The number of carbonyl (C=O) groups is 1. The average Bonchev–Trinajstić information content (AvgIpc) is 2.98. The van der Waals surface area contributed by atoms with Gasteiger partial charge in [-0.15, -0.1) is 0 Å². The van der Waals surface area contributed by atoms with Crippen molar-refractivity contribution in [1.82, 2.24) is 15.4 Å². The summed E-state index contributed by atoms with van der Waals surface area (Å²) in [6.45, 7) is 0. The Morgan fingerprint density at radius 2 is 1.87 bits per heavy atom. The molecule has 4 aromatic rings. The maximum atomic E-state index is 12.3. The first-order valence-electron chi connectivity index (χ1n) is 7.14. The zero-order valence-electron chi connectivity index (χ0n) is 12.1. The van der Waals surface area contributed by atoms with Gasteiger partial charge in [-0.1, -0.05) is 29.4 Å². The number of rotatable bonds is 3. The molecule has 6 nitrogen and oxygen atoms in total. The third-order valence-corrected chi connectivity index (χ3v) is 3.64. The van der Waals surface area contributed by atoms with E-state index in [0.29, 0.717) is 17.0 Å². The van der Waals surface area contributed by atoms with Gasteiger partial charge in [-0.25, -0.2) is 0 Å². The van der Waals surface area contributed by atoms with Gasteiger partial charge in [0, 0.05) is 16.2 Å². The minimum Gasteiger partial charge on any atom is -0.356 e. The zero-order valence-corrected chi connectivity index (χ0v) is 12.1. The maximum Gasteiger partial charge on any atom is 0.230 e. The smallest absolute Gasteiger partial charge is 0.230 e. The molecule has 0 aliphatic rings. The first-order chi connectivity index (χ1) is 11.3. The number of fused-ring (bicyclic) bond motifs is 2. The van der Waals surface area contributed by atoms with Crippen LogP contribution < -0.4 is 5.32 Å². The minimum atomic E-state index is -0.159. The Morgan fingerprint density at radius 3 is 2.83 bits per heavy atom. The number of hydrogen-bond acceptors (Lipinski definition) is 5. The van der Waals surface area contributed by atoms with Crippen LogP contribution in [0, 0.1) is 0 Å². The quantitative estimate of drug-likeness (QED) is 0.629. The van der Waals surface area contributed by atoms with E-state index in [1.807, 2.05) is 42.5 Å². The van der Waals surface area contributed by atoms with E-state index in [1.165, 1.54) is 0 Å². The number of benzene rings is 2. The van der Waals surface area contributed by atoms with Crippen molar-refractivity contribution in [1.29, 1.82) is 0 Å². The van der Waals surface area contributed by atoms with Crippen molar-refractivity contribution in [2.75, 3.05) is 5.32 Å². The second kappa shape index (κ2) is 5.49. The molecule has 0 saturated heterocycles. The van der Waals surface area contributed by atoms with Crippen LogP contribution in [-0.4, -0.2) is 21.3 Å². The van der Waals surface area contributed by atoms with Crippen molar-refractivity contribution in [2.24, 2.45) is 0 Å². The summed E-state index contributed by atoms with van der Waals surface area (Å²) < 4.78 is 5.22. The lowest BCUT2D eigenvalue weighted by Gasteiger charge is -2.07. The molecule has 0 bridgehead atoms. The first-order valence-corrected chi connectivity index (χ1v) is 7.14. The molecule has 0 unspecified atom stereocenters. The molecule has 2 aromatic heterocycles. The topological polar surface area (TPSA) is 80.9 Å². The van der Waals surface area contributed by atoms with Crippen LogP contribution in [0.5, 0.6) is 0 Å². The highest BCUT2D eigenvalue weighted by atomic mass is 16.5. The summed E-state index contributed by atoms with van der Waals surface area (Å²) in [5.41, 5.74) is 2.00. The lowest BCUT2D eigenvalue weighted by Crippen LogP contribution is -2.15. The average molecular weight is 304 g/mol. The standard InChI is InChI=1S/C17H12N4O2/c22-17(8-15-12-5-1-2-7-16(12)23-21-15)20-14-6-3-4-11-9-18-19-10-13(11)14/h1-7,9-10H,8H2,(H,20,22). The molecule has 0 aliphatic heterocycles. The van der Waals surface area contributed by atoms with E-state index in [9.17, 15) is 4.79 Å². The molecular weight excluding hydrogens is 292 g/mol. The van der Waals surface area contributed by atoms with Crippen molar-refractivity contribution in [2.45, 2.75) is 6.42 Å². The lowest BCUT2D eigenvalue weighted by molar-refractivity contribution is -0.115. The van der Waals surface area contributed by atoms with Crippen LogP contribution in [0.25, 0.3) is 21.7 Å². The van der Waals surface area contributed by atoms with E-state index >= 15 is 0 Å². The summed E-state index contributed by atoms with van der Waals surface area (Å²) in [5, 5.41) is 17.2. The molecular formula is C17H12N4O2. The molecule has 0 saturated carbocycles. The van der Waals surface area contributed by atoms with Crippen LogP contribution in [0.4, 0.5) is 5.69 Å². The SMILES string of the molecule is O=C(Cc1noc2ccccc12)Nc1cccc2cnncc12. The number of amides is 1. The van der Waals surface area contributed by atoms with Crippen molar-refractivity contribution in [3.8, 4) is 0 Å². The summed E-state index contributed by atoms with van der Waals surface area (Å²) in [6, 6.07) is 13.1. The monoisotopic (exact) mass is 304 g/mol. The van der Waals surface area contributed by atoms with Gasteiger partial charge in [0.1, 0.15) is 5.69 Å². The Kier molecular flexibility index (Phi) is 3.20. The number of para-hydroxylation sites is 1. The van der Waals surface area contributed by atoms with E-state index < -0.39 is 0 Å². The van der Waals surface area contributed by atoms with Crippen LogP contribution in [0.2, 0.25) is 0 Å². The van der Waals surface area contributed by atoms with Gasteiger partial charge in [-0.05, 0) is 18.2 Å². The van der Waals surface area contributed by atoms with E-state index in [2.05, 4.69) is 20.7 Å². The molecule has 4 rings (SSSR count). The lowest BCUT2D eigenvalue weighted by atomic mass is 10.1. The van der Waals surface area contributed by atoms with Gasteiger partial charge in [0.05, 0.1) is 24.5 Å². The van der Waals surface area contributed by atoms with Gasteiger partial charge < -0.3 is 9.84 Å². The van der Waals surface area contributed by atoms with E-state index in [1.54, 1.807) is 12.4 Å². The Bertz CT molecular complexity index is 1000. The molecule has 2 aromatic carbocycles. The van der Waals surface area contributed by atoms with Crippen molar-refractivity contribution in [3.05, 3.63) is 60.6 Å². The predicted octanol–water partition coefficient (Wildman–Crippen LogP) is 2.95. The fourth-order valence-corrected chi connectivity index (χ4v) is 2.55. The van der Waals surface area contributed by atoms with Gasteiger partial charge in [0.25, 0.3) is 0 Å². The third kappa shape index (κ3) is 2.50. The number of aromatic nitrogens is 3. The van der Waals surface area contributed by atoms with Crippen LogP contribution in [-0.2, 0) is 11.2 Å². The number of nitrogens with zero attached hydrogens (tertiary/aromatic N) is 3. The second-order valence-electron chi connectivity index (χ2n) is 5.15. The molecule has 2 heterocycles. The van der Waals surface area contributed by atoms with Crippen molar-refractivity contribution >= 4 is 33.3 Å². The minimum absolute atomic E-state index is 0.145. The molecule has 1 N–H and O–H groups in total. The summed E-state index contributed by atoms with van der Waals surface area (Å²) >= 11 is 0. The summed E-state index contributed by atoms with van der Waals surface area (Å²) in [6.07, 6.45) is 3.44. The summed E-state index contributed by atoms with van der Waals surface area (Å²) in [4.78, 5) is 12.3. The van der Waals surface area contributed by atoms with Gasteiger partial charge in [0.15, 0.2) is 5.58 Å². The highest BCUT2D eigenvalue weighted by molar-refractivity contribution is 6.02. The molecule has 23 heavy (non-hydrogen) atoms. The fraction of sp³-hybridized carbons (Fsp3) is 0.0588. The Morgan fingerprint density at radius 1 is 1.00 bits per heavy atom. The van der Waals surface area contributed by atoms with E-state index in [-0.39, 0.29) is 12.3 Å². The molecule has 1 amide bonds. The Balaban J connectivity index is 1.60. The van der Waals surface area contributed by atoms with Gasteiger partial charge in [-0.2, -0.15) is 10.2 Å². The van der Waals surface area contributed by atoms with E-state index in [4.69, 9.17) is 4.52 Å². The van der Waals surface area contributed by atoms with Gasteiger partial charge in [0.2, 0.25) is 5.91 Å². The van der Waals surface area contributed by atoms with Gasteiger partial charge in [-0.3, -0.25) is 4.79 Å². The normalized spacial score (nSPS) is 11.0. The maximum absolute atomic E-state index is 12.3. The van der Waals surface area contributed by atoms with Gasteiger partial charge >= 0.3 is 0 Å². The highest BCUT2D eigenvalue weighted by Gasteiger charge is 2.13. The van der Waals surface area contributed by atoms with Crippen LogP contribution in [0.3, 0.4) is 0 Å².